The van der Waals surface area contributed by atoms with Gasteiger partial charge in [0.1, 0.15) is 34.7 Å². The number of hydrogen-bond acceptors (Lipinski definition) is 12. The van der Waals surface area contributed by atoms with Crippen molar-refractivity contribution in [1.82, 2.24) is 39.4 Å². The van der Waals surface area contributed by atoms with Gasteiger partial charge < -0.3 is 34.1 Å². The summed E-state index contributed by atoms with van der Waals surface area (Å²) in [6.07, 6.45) is 5.91. The number of amides is 4. The Morgan fingerprint density at radius 3 is 2.42 bits per heavy atom. The highest BCUT2D eigenvalue weighted by Crippen LogP contribution is 2.42. The molecule has 2 fully saturated rings. The van der Waals surface area contributed by atoms with Crippen LogP contribution in [-0.4, -0.2) is 142 Å². The lowest BCUT2D eigenvalue weighted by Gasteiger charge is -2.37. The highest BCUT2D eigenvalue weighted by atomic mass is 32.2. The van der Waals surface area contributed by atoms with Gasteiger partial charge in [0.25, 0.3) is 5.91 Å². The van der Waals surface area contributed by atoms with Crippen molar-refractivity contribution in [3.05, 3.63) is 71.5 Å². The van der Waals surface area contributed by atoms with Gasteiger partial charge in [0.15, 0.2) is 11.8 Å². The average Bonchev–Trinajstić information content (AvgIpc) is 4.01. The summed E-state index contributed by atoms with van der Waals surface area (Å²) < 4.78 is 22.3. The molecule has 4 amide bonds. The Bertz CT molecular complexity index is 2750. The molecule has 1 unspecified atom stereocenters. The molecule has 0 radical (unpaired) electrons. The number of benzene rings is 2. The van der Waals surface area contributed by atoms with Crippen LogP contribution in [0.15, 0.2) is 54.9 Å². The first-order chi connectivity index (χ1) is 33.9. The Labute approximate surface area is 426 Å². The van der Waals surface area contributed by atoms with E-state index >= 15 is 0 Å². The Kier molecular flexibility index (Phi) is 16.0. The zero-order valence-corrected chi connectivity index (χ0v) is 44.6. The smallest absolute Gasteiger partial charge is 0.324 e. The molecule has 2 aromatic carbocycles. The lowest BCUT2D eigenvalue weighted by molar-refractivity contribution is -0.155. The maximum absolute atomic E-state index is 14.8. The van der Waals surface area contributed by atoms with Crippen LogP contribution in [0, 0.1) is 11.3 Å². The number of likely N-dealkylation sites (N-methyl/N-ethyl adjacent to an activating group) is 2. The monoisotopic (exact) mass is 1010 g/mol. The van der Waals surface area contributed by atoms with Crippen LogP contribution in [0.25, 0.3) is 33.3 Å². The molecule has 0 aliphatic carbocycles. The minimum absolute atomic E-state index is 0.0396. The van der Waals surface area contributed by atoms with E-state index in [9.17, 15) is 38.4 Å². The molecule has 2 saturated heterocycles. The number of aryl methyl sites for hydroxylation is 2. The Morgan fingerprint density at radius 2 is 1.76 bits per heavy atom. The molecule has 5 heterocycles. The van der Waals surface area contributed by atoms with Crippen LogP contribution in [0.3, 0.4) is 0 Å². The fraction of sp³-hybridized carbons (Fsp3) is 0.537. The first-order valence-electron chi connectivity index (χ1n) is 25.0. The van der Waals surface area contributed by atoms with Crippen molar-refractivity contribution in [2.75, 3.05) is 33.8 Å². The van der Waals surface area contributed by atoms with E-state index in [1.165, 1.54) is 40.1 Å². The van der Waals surface area contributed by atoms with Crippen molar-refractivity contribution in [2.45, 2.75) is 143 Å². The van der Waals surface area contributed by atoms with Crippen LogP contribution >= 0.6 is 0 Å². The number of rotatable bonds is 12. The molecule has 72 heavy (non-hydrogen) atoms. The van der Waals surface area contributed by atoms with E-state index in [0.717, 1.165) is 45.3 Å². The largest absolute Gasteiger partial charge is 0.597 e. The number of nitrogens with zero attached hydrogens (tertiary/aromatic N) is 6. The van der Waals surface area contributed by atoms with E-state index < -0.39 is 93.8 Å². The average molecular weight is 1010 g/mol. The summed E-state index contributed by atoms with van der Waals surface area (Å²) in [5.41, 5.74) is 9.97. The number of nitrogens with one attached hydrogen (secondary N) is 2. The van der Waals surface area contributed by atoms with Crippen LogP contribution in [0.1, 0.15) is 98.8 Å². The molecule has 388 valence electrons. The molecular formula is C54H72N8O9S. The van der Waals surface area contributed by atoms with Gasteiger partial charge in [-0.25, -0.2) is 5.43 Å². The summed E-state index contributed by atoms with van der Waals surface area (Å²) in [5.74, 6) is -3.61. The Balaban J connectivity index is 1.23. The van der Waals surface area contributed by atoms with Crippen molar-refractivity contribution < 1.29 is 43.2 Å². The van der Waals surface area contributed by atoms with Crippen molar-refractivity contribution >= 4 is 57.6 Å². The van der Waals surface area contributed by atoms with Gasteiger partial charge in [-0.1, -0.05) is 51.1 Å². The highest BCUT2D eigenvalue weighted by molar-refractivity contribution is 7.90. The molecule has 7 atom stereocenters. The summed E-state index contributed by atoms with van der Waals surface area (Å²) >= 11 is -1.65. The molecule has 3 aliphatic rings. The molecule has 3 N–H and O–H groups in total. The van der Waals surface area contributed by atoms with Gasteiger partial charge in [-0.15, -0.1) is 0 Å². The normalized spacial score (nSPS) is 22.1. The summed E-state index contributed by atoms with van der Waals surface area (Å²) in [4.78, 5) is 90.5. The number of pyridine rings is 1. The SMILES string of the molecule is CCc1ccncc1-c1c2c3cc(ccc3n1CC)-c1cc(O)cc(c1)C[C@H](NC(=O)[C@H](C(C)C)N(C)C(=O)CN(C)C(=O)[C@@H]1[C@H](C(C)=O)N1[S@@+]([O-])C(C)(C)C)C(=O)N1CCC[C@H](N1)C(=O)OCC(C)(C)C2. The highest BCUT2D eigenvalue weighted by Gasteiger charge is 2.65. The van der Waals surface area contributed by atoms with E-state index in [4.69, 9.17) is 4.74 Å². The second-order valence-electron chi connectivity index (χ2n) is 21.7. The Hall–Kier alpha value is -5.82. The van der Waals surface area contributed by atoms with Crippen LogP contribution < -0.4 is 10.7 Å². The third-order valence-corrected chi connectivity index (χ3v) is 15.9. The summed E-state index contributed by atoms with van der Waals surface area (Å²) in [7, 11) is 2.88. The number of hydrogen-bond donors (Lipinski definition) is 3. The number of ether oxygens (including phenoxy) is 1. The molecule has 3 aliphatic heterocycles. The number of carbonyl (C=O) groups is 6. The van der Waals surface area contributed by atoms with Gasteiger partial charge in [0.05, 0.1) is 18.8 Å². The number of aromatic nitrogens is 2. The summed E-state index contributed by atoms with van der Waals surface area (Å²) in [6, 6.07) is 8.33. The molecule has 6 bridgehead atoms. The predicted molar refractivity (Wildman–Crippen MR) is 276 cm³/mol. The standard InChI is InChI=1S/C54H72N8O9S/c1-13-34-19-20-55-28-40(34)47-39-27-54(9,10)30-71-52(69)41-16-15-21-61(57-41)50(67)42(24-33-22-36(25-37(64)23-33)35-17-18-43(38(39)26-35)60(47)14-2)56-49(66)45(31(3)4)59(12)44(65)29-58(11)51(68)48-46(32(5)63)62(48)72(70)53(6,7)8/h17-20,22-23,25-26,28,31,41-42,45-46,48,57,64H,13-16,21,24,27,29-30H2,1-12H3,(H,56,66)/t41-,42-,45-,46-,48-,62?,72-/m0/s1. The van der Waals surface area contributed by atoms with Crippen LogP contribution in [0.5, 0.6) is 5.75 Å². The maximum Gasteiger partial charge on any atom is 0.324 e. The van der Waals surface area contributed by atoms with Crippen LogP contribution in [-0.2, 0) is 70.7 Å². The van der Waals surface area contributed by atoms with Crippen molar-refractivity contribution in [3.63, 3.8) is 0 Å². The molecule has 2 aromatic heterocycles. The molecule has 17 nitrogen and oxygen atoms in total. The summed E-state index contributed by atoms with van der Waals surface area (Å²) in [5, 5.41) is 16.7. The quantitative estimate of drug-likeness (QED) is 0.0933. The van der Waals surface area contributed by atoms with E-state index in [1.54, 1.807) is 46.8 Å². The third-order valence-electron chi connectivity index (χ3n) is 14.0. The van der Waals surface area contributed by atoms with Crippen LogP contribution in [0.2, 0.25) is 0 Å². The van der Waals surface area contributed by atoms with Crippen molar-refractivity contribution in [2.24, 2.45) is 11.3 Å². The number of cyclic esters (lactones) is 1. The number of fused-ring (bicyclic) bond motifs is 6. The second-order valence-corrected chi connectivity index (χ2v) is 23.9. The predicted octanol–water partition coefficient (Wildman–Crippen LogP) is 5.35. The molecule has 4 aromatic rings. The van der Waals surface area contributed by atoms with E-state index in [1.807, 2.05) is 30.6 Å². The number of ketones is 1. The molecule has 18 heteroatoms. The van der Waals surface area contributed by atoms with Gasteiger partial charge in [0.2, 0.25) is 17.7 Å². The van der Waals surface area contributed by atoms with Gasteiger partial charge in [0, 0.05) is 79.2 Å². The van der Waals surface area contributed by atoms with E-state index in [-0.39, 0.29) is 31.1 Å². The number of aromatic hydroxyl groups is 1. The number of Topliss-reactive ketones (excluding diaryl/α,β-unsaturated/α-hetero) is 1. The lowest BCUT2D eigenvalue weighted by Crippen LogP contribution is -2.62. The number of hydrazine groups is 1. The minimum atomic E-state index is -1.65. The van der Waals surface area contributed by atoms with Gasteiger partial charge >= 0.3 is 5.97 Å². The number of carbonyl (C=O) groups excluding carboxylic acids is 6. The van der Waals surface area contributed by atoms with Crippen LogP contribution in [0.4, 0.5) is 0 Å². The number of esters is 1. The Morgan fingerprint density at radius 1 is 1.04 bits per heavy atom. The topological polar surface area (TPSA) is 210 Å². The number of phenolic OH excluding ortho intramolecular Hbond substituents is 1. The zero-order chi connectivity index (χ0) is 52.7. The lowest BCUT2D eigenvalue weighted by atomic mass is 9.84. The third kappa shape index (κ3) is 11.2. The minimum Gasteiger partial charge on any atom is -0.597 e. The molecule has 0 spiro atoms. The second kappa shape index (κ2) is 21.3. The zero-order valence-electron chi connectivity index (χ0n) is 43.8. The molecule has 0 saturated carbocycles. The van der Waals surface area contributed by atoms with Crippen molar-refractivity contribution in [1.29, 1.82) is 0 Å². The number of phenols is 1. The molecular weight excluding hydrogens is 937 g/mol. The van der Waals surface area contributed by atoms with Gasteiger partial charge in [-0.2, -0.15) is 0 Å². The first-order valence-corrected chi connectivity index (χ1v) is 26.2. The summed E-state index contributed by atoms with van der Waals surface area (Å²) in [6.45, 7) is 19.1. The van der Waals surface area contributed by atoms with E-state index in [0.29, 0.717) is 36.9 Å². The molecule has 7 rings (SSSR count). The van der Waals surface area contributed by atoms with E-state index in [2.05, 4.69) is 60.1 Å². The first kappa shape index (κ1) is 54.0. The fourth-order valence-electron chi connectivity index (χ4n) is 10.3. The fourth-order valence-corrected chi connectivity index (χ4v) is 11.8. The van der Waals surface area contributed by atoms with Crippen molar-refractivity contribution in [3.8, 4) is 28.1 Å². The van der Waals surface area contributed by atoms with Gasteiger partial charge in [-0.3, -0.25) is 38.8 Å². The maximum atomic E-state index is 14.8. The van der Waals surface area contributed by atoms with Gasteiger partial charge in [-0.05, 0) is 124 Å².